The molecule has 0 aliphatic carbocycles. The summed E-state index contributed by atoms with van der Waals surface area (Å²) in [5.74, 6) is -0.474. The highest BCUT2D eigenvalue weighted by atomic mass is 35.5. The molecule has 0 spiro atoms. The van der Waals surface area contributed by atoms with Gasteiger partial charge in [0.2, 0.25) is 0 Å². The van der Waals surface area contributed by atoms with Crippen LogP contribution < -0.4 is 9.64 Å². The van der Waals surface area contributed by atoms with E-state index in [4.69, 9.17) is 32.7 Å². The molecule has 0 unspecified atom stereocenters. The molecule has 1 amide bonds. The Balaban J connectivity index is 1.77. The predicted molar refractivity (Wildman–Crippen MR) is 138 cm³/mol. The van der Waals surface area contributed by atoms with Crippen LogP contribution in [0.4, 0.5) is 5.69 Å². The van der Waals surface area contributed by atoms with Gasteiger partial charge in [0.25, 0.3) is 5.91 Å². The van der Waals surface area contributed by atoms with Gasteiger partial charge in [-0.1, -0.05) is 80.4 Å². The zero-order valence-corrected chi connectivity index (χ0v) is 21.3. The molecule has 1 aliphatic rings. The standard InChI is InChI=1S/C28H27Cl2NO4/c1-28(2,3)17-31-23-14-13-18(29)15-21(23)26(20-11-7-8-12-22(20)30)35-24(27(31)33)16-25(32)34-19-9-5-4-6-10-19/h4-15,24,26H,16-17H2,1-3H3/t24-,26-/m1/s1. The van der Waals surface area contributed by atoms with Gasteiger partial charge in [-0.3, -0.25) is 9.59 Å². The zero-order chi connectivity index (χ0) is 25.2. The van der Waals surface area contributed by atoms with E-state index in [1.54, 1.807) is 47.4 Å². The van der Waals surface area contributed by atoms with E-state index >= 15 is 0 Å². The van der Waals surface area contributed by atoms with E-state index in [0.29, 0.717) is 39.2 Å². The average molecular weight is 512 g/mol. The monoisotopic (exact) mass is 511 g/mol. The number of carbonyl (C=O) groups is 2. The lowest BCUT2D eigenvalue weighted by Gasteiger charge is -2.31. The first-order valence-corrected chi connectivity index (χ1v) is 12.1. The van der Waals surface area contributed by atoms with Gasteiger partial charge in [-0.2, -0.15) is 0 Å². The van der Waals surface area contributed by atoms with Crippen molar-refractivity contribution in [3.63, 3.8) is 0 Å². The van der Waals surface area contributed by atoms with Gasteiger partial charge in [0.15, 0.2) is 0 Å². The maximum atomic E-state index is 13.8. The summed E-state index contributed by atoms with van der Waals surface area (Å²) in [6.07, 6.45) is -2.04. The minimum Gasteiger partial charge on any atom is -0.426 e. The van der Waals surface area contributed by atoms with Gasteiger partial charge in [-0.05, 0) is 41.8 Å². The second-order valence-corrected chi connectivity index (χ2v) is 10.5. The van der Waals surface area contributed by atoms with Gasteiger partial charge >= 0.3 is 5.97 Å². The number of anilines is 1. The van der Waals surface area contributed by atoms with Crippen LogP contribution >= 0.6 is 23.2 Å². The fourth-order valence-corrected chi connectivity index (χ4v) is 4.50. The van der Waals surface area contributed by atoms with Crippen LogP contribution in [0.15, 0.2) is 72.8 Å². The maximum absolute atomic E-state index is 13.8. The van der Waals surface area contributed by atoms with E-state index in [1.807, 2.05) is 51.1 Å². The summed E-state index contributed by atoms with van der Waals surface area (Å²) in [6.45, 7) is 6.56. The van der Waals surface area contributed by atoms with Crippen molar-refractivity contribution in [2.24, 2.45) is 5.41 Å². The Labute approximate surface area is 215 Å². The van der Waals surface area contributed by atoms with Crippen LogP contribution in [0, 0.1) is 5.41 Å². The number of hydrogen-bond acceptors (Lipinski definition) is 4. The SMILES string of the molecule is CC(C)(C)CN1C(=O)[C@@H](CC(=O)Oc2ccccc2)O[C@H](c2ccccc2Cl)c2cc(Cl)ccc21. The fourth-order valence-electron chi connectivity index (χ4n) is 4.08. The number of ether oxygens (including phenoxy) is 2. The van der Waals surface area contributed by atoms with Gasteiger partial charge in [0.1, 0.15) is 18.0 Å². The Morgan fingerprint density at radius 1 is 0.971 bits per heavy atom. The van der Waals surface area contributed by atoms with Crippen molar-refractivity contribution >= 4 is 40.8 Å². The second kappa shape index (κ2) is 10.4. The van der Waals surface area contributed by atoms with Crippen LogP contribution in [-0.2, 0) is 14.3 Å². The fraction of sp³-hybridized carbons (Fsp3) is 0.286. The van der Waals surface area contributed by atoms with Gasteiger partial charge in [-0.25, -0.2) is 0 Å². The molecule has 35 heavy (non-hydrogen) atoms. The molecule has 4 rings (SSSR count). The first-order chi connectivity index (χ1) is 16.6. The second-order valence-electron chi connectivity index (χ2n) is 9.71. The van der Waals surface area contributed by atoms with Gasteiger partial charge in [-0.15, -0.1) is 0 Å². The molecular formula is C28H27Cl2NO4. The van der Waals surface area contributed by atoms with E-state index in [-0.39, 0.29) is 17.7 Å². The van der Waals surface area contributed by atoms with E-state index in [0.717, 1.165) is 0 Å². The summed E-state index contributed by atoms with van der Waals surface area (Å²) < 4.78 is 11.9. The molecule has 3 aromatic carbocycles. The lowest BCUT2D eigenvalue weighted by molar-refractivity contribution is -0.145. The maximum Gasteiger partial charge on any atom is 0.314 e. The number of rotatable bonds is 5. The highest BCUT2D eigenvalue weighted by Gasteiger charge is 2.39. The lowest BCUT2D eigenvalue weighted by Crippen LogP contribution is -2.44. The normalized spacial score (nSPS) is 18.1. The highest BCUT2D eigenvalue weighted by Crippen LogP contribution is 2.42. The summed E-state index contributed by atoms with van der Waals surface area (Å²) in [7, 11) is 0. The van der Waals surface area contributed by atoms with Gasteiger partial charge in [0, 0.05) is 33.4 Å². The Hall–Kier alpha value is -2.86. The summed E-state index contributed by atoms with van der Waals surface area (Å²) in [4.78, 5) is 28.4. The Morgan fingerprint density at radius 3 is 2.34 bits per heavy atom. The molecule has 3 aromatic rings. The number of hydrogen-bond donors (Lipinski definition) is 0. The van der Waals surface area contributed by atoms with Crippen molar-refractivity contribution in [3.8, 4) is 5.75 Å². The average Bonchev–Trinajstić information content (AvgIpc) is 2.89. The van der Waals surface area contributed by atoms with E-state index < -0.39 is 18.2 Å². The van der Waals surface area contributed by atoms with Crippen LogP contribution in [0.2, 0.25) is 10.0 Å². The number of esters is 1. The smallest absolute Gasteiger partial charge is 0.314 e. The van der Waals surface area contributed by atoms with Crippen LogP contribution in [0.25, 0.3) is 0 Å². The minimum absolute atomic E-state index is 0.216. The van der Waals surface area contributed by atoms with Gasteiger partial charge < -0.3 is 14.4 Å². The third-order valence-electron chi connectivity index (χ3n) is 5.55. The number of halogens is 2. The molecule has 7 heteroatoms. The third-order valence-corrected chi connectivity index (χ3v) is 6.13. The van der Waals surface area contributed by atoms with Crippen molar-refractivity contribution in [1.82, 2.24) is 0 Å². The molecule has 0 radical (unpaired) electrons. The number of fused-ring (bicyclic) bond motifs is 1. The largest absolute Gasteiger partial charge is 0.426 e. The summed E-state index contributed by atoms with van der Waals surface area (Å²) >= 11 is 12.9. The molecule has 1 heterocycles. The Kier molecular flexibility index (Phi) is 7.50. The molecule has 0 saturated heterocycles. The van der Waals surface area contributed by atoms with Gasteiger partial charge in [0.05, 0.1) is 6.42 Å². The van der Waals surface area contributed by atoms with E-state index in [2.05, 4.69) is 0 Å². The number of para-hydroxylation sites is 1. The van der Waals surface area contributed by atoms with Crippen molar-refractivity contribution in [1.29, 1.82) is 0 Å². The highest BCUT2D eigenvalue weighted by molar-refractivity contribution is 6.31. The van der Waals surface area contributed by atoms with Crippen molar-refractivity contribution in [2.75, 3.05) is 11.4 Å². The molecule has 0 saturated carbocycles. The Morgan fingerprint density at radius 2 is 1.66 bits per heavy atom. The van der Waals surface area contributed by atoms with Crippen molar-refractivity contribution in [2.45, 2.75) is 39.4 Å². The minimum atomic E-state index is -1.08. The van der Waals surface area contributed by atoms with Crippen LogP contribution in [-0.4, -0.2) is 24.5 Å². The molecule has 182 valence electrons. The molecule has 0 bridgehead atoms. The van der Waals surface area contributed by atoms with Crippen LogP contribution in [0.5, 0.6) is 5.75 Å². The Bertz CT molecular complexity index is 1220. The van der Waals surface area contributed by atoms with Crippen molar-refractivity contribution in [3.05, 3.63) is 94.0 Å². The lowest BCUT2D eigenvalue weighted by atomic mass is 9.94. The summed E-state index contributed by atoms with van der Waals surface area (Å²) in [6, 6.07) is 21.4. The van der Waals surface area contributed by atoms with Crippen LogP contribution in [0.3, 0.4) is 0 Å². The first-order valence-electron chi connectivity index (χ1n) is 11.4. The summed E-state index contributed by atoms with van der Waals surface area (Å²) in [5, 5.41) is 1.00. The van der Waals surface area contributed by atoms with E-state index in [9.17, 15) is 9.59 Å². The summed E-state index contributed by atoms with van der Waals surface area (Å²) in [5.41, 5.74) is 1.86. The van der Waals surface area contributed by atoms with Crippen LogP contribution in [0.1, 0.15) is 44.4 Å². The molecule has 1 aliphatic heterocycles. The molecule has 0 N–H and O–H groups in total. The topological polar surface area (TPSA) is 55.8 Å². The van der Waals surface area contributed by atoms with Crippen molar-refractivity contribution < 1.29 is 19.1 Å². The predicted octanol–water partition coefficient (Wildman–Crippen LogP) is 6.86. The number of nitrogens with zero attached hydrogens (tertiary/aromatic N) is 1. The van der Waals surface area contributed by atoms with E-state index in [1.165, 1.54) is 0 Å². The quantitative estimate of drug-likeness (QED) is 0.277. The third kappa shape index (κ3) is 6.04. The number of carbonyl (C=O) groups excluding carboxylic acids is 2. The molecular weight excluding hydrogens is 485 g/mol. The number of benzene rings is 3. The molecule has 5 nitrogen and oxygen atoms in total. The molecule has 2 atom stereocenters. The zero-order valence-electron chi connectivity index (χ0n) is 19.8. The first kappa shape index (κ1) is 25.2. The molecule has 0 aromatic heterocycles. The molecule has 0 fully saturated rings. The number of amides is 1.